The van der Waals surface area contributed by atoms with Crippen molar-refractivity contribution in [3.8, 4) is 0 Å². The number of hydrogen-bond acceptors (Lipinski definition) is 5. The zero-order chi connectivity index (χ0) is 21.1. The third-order valence-corrected chi connectivity index (χ3v) is 6.41. The number of carbonyl (C=O) groups excluding carboxylic acids is 1. The molecule has 1 heterocycles. The molecule has 1 aliphatic heterocycles. The summed E-state index contributed by atoms with van der Waals surface area (Å²) < 4.78 is 15.3. The smallest absolute Gasteiger partial charge is 0.342 e. The zero-order valence-electron chi connectivity index (χ0n) is 16.8. The van der Waals surface area contributed by atoms with E-state index in [0.29, 0.717) is 33.6 Å². The first-order valence-corrected chi connectivity index (χ1v) is 12.0. The Morgan fingerprint density at radius 2 is 2.00 bits per heavy atom. The lowest BCUT2D eigenvalue weighted by molar-refractivity contribution is -0.0273. The highest BCUT2D eigenvalue weighted by Crippen LogP contribution is 2.36. The van der Waals surface area contributed by atoms with Crippen LogP contribution in [0.1, 0.15) is 35.7 Å². The first kappa shape index (κ1) is 23.7. The average Bonchev–Trinajstić information content (AvgIpc) is 2.76. The Morgan fingerprint density at radius 1 is 1.21 bits per heavy atom. The molecular weight excluding hydrogens is 429 g/mol. The molecule has 1 N–H and O–H groups in total. The Morgan fingerprint density at radius 3 is 2.62 bits per heavy atom. The van der Waals surface area contributed by atoms with Gasteiger partial charge < -0.3 is 19.2 Å². The third-order valence-electron chi connectivity index (χ3n) is 4.25. The van der Waals surface area contributed by atoms with Crippen LogP contribution < -0.4 is 5.32 Å². The molecule has 2 aromatic rings. The molecule has 2 aromatic carbocycles. The predicted molar refractivity (Wildman–Crippen MR) is 121 cm³/mol. The molecule has 0 radical (unpaired) electrons. The van der Waals surface area contributed by atoms with Gasteiger partial charge in [0.25, 0.3) is 0 Å². The Bertz CT molecular complexity index is 789. The second-order valence-electron chi connectivity index (χ2n) is 6.44. The summed E-state index contributed by atoms with van der Waals surface area (Å²) in [5.74, 6) is -0.485. The average molecular weight is 456 g/mol. The molecule has 3 rings (SSSR count). The van der Waals surface area contributed by atoms with Crippen LogP contribution in [0.2, 0.25) is 16.1 Å². The fourth-order valence-corrected chi connectivity index (χ4v) is 4.25. The molecule has 0 saturated carbocycles. The van der Waals surface area contributed by atoms with Gasteiger partial charge >= 0.3 is 5.97 Å². The van der Waals surface area contributed by atoms with E-state index in [4.69, 9.17) is 37.1 Å². The van der Waals surface area contributed by atoms with Crippen molar-refractivity contribution < 1.29 is 18.7 Å². The van der Waals surface area contributed by atoms with Crippen LogP contribution in [0.5, 0.6) is 0 Å². The summed E-state index contributed by atoms with van der Waals surface area (Å²) in [6, 6.07) is 12.0. The maximum absolute atomic E-state index is 12.2. The summed E-state index contributed by atoms with van der Waals surface area (Å²) in [4.78, 5) is 12.2. The lowest BCUT2D eigenvalue weighted by Gasteiger charge is -2.15. The van der Waals surface area contributed by atoms with Gasteiger partial charge in [-0.05, 0) is 50.1 Å². The number of nitrogens with one attached hydrogen (secondary N) is 1. The molecule has 0 amide bonds. The van der Waals surface area contributed by atoms with Crippen LogP contribution in [-0.2, 0) is 13.9 Å². The normalized spacial score (nSPS) is 14.1. The Kier molecular flexibility index (Phi) is 10.5. The number of benzene rings is 2. The summed E-state index contributed by atoms with van der Waals surface area (Å²) in [5.41, 5.74) is 2.37. The number of anilines is 2. The van der Waals surface area contributed by atoms with E-state index >= 15 is 0 Å². The Hall–Kier alpha value is -1.57. The van der Waals surface area contributed by atoms with Gasteiger partial charge in [0.05, 0.1) is 27.0 Å². The topological polar surface area (TPSA) is 56.8 Å². The molecule has 1 aliphatic rings. The van der Waals surface area contributed by atoms with Crippen LogP contribution >= 0.6 is 23.2 Å². The van der Waals surface area contributed by atoms with Crippen molar-refractivity contribution in [2.45, 2.75) is 32.7 Å². The van der Waals surface area contributed by atoms with Crippen LogP contribution in [0.15, 0.2) is 36.4 Å². The van der Waals surface area contributed by atoms with Gasteiger partial charge in [-0.3, -0.25) is 0 Å². The second kappa shape index (κ2) is 12.9. The minimum absolute atomic E-state index is 0.00849. The van der Waals surface area contributed by atoms with Crippen LogP contribution in [0, 0.1) is 6.92 Å². The van der Waals surface area contributed by atoms with Crippen LogP contribution in [-0.4, -0.2) is 35.7 Å². The van der Waals surface area contributed by atoms with Crippen molar-refractivity contribution >= 4 is 50.3 Å². The Balaban J connectivity index is 0.000000426. The molecule has 0 aromatic heterocycles. The van der Waals surface area contributed by atoms with E-state index in [0.717, 1.165) is 12.2 Å². The number of esters is 1. The molecule has 0 bridgehead atoms. The van der Waals surface area contributed by atoms with E-state index in [9.17, 15) is 4.79 Å². The van der Waals surface area contributed by atoms with Crippen LogP contribution in [0.3, 0.4) is 0 Å². The third kappa shape index (κ3) is 7.64. The fourth-order valence-electron chi connectivity index (χ4n) is 2.62. The van der Waals surface area contributed by atoms with Crippen molar-refractivity contribution in [2.75, 3.05) is 25.3 Å². The lowest BCUT2D eigenvalue weighted by Crippen LogP contribution is -2.11. The van der Waals surface area contributed by atoms with Crippen molar-refractivity contribution in [2.24, 2.45) is 0 Å². The van der Waals surface area contributed by atoms with Gasteiger partial charge in [-0.15, -0.1) is 0 Å². The van der Waals surface area contributed by atoms with E-state index in [-0.39, 0.29) is 16.6 Å². The fraction of sp³-hybridized carbons (Fsp3) is 0.381. The Labute approximate surface area is 184 Å². The molecule has 158 valence electrons. The highest BCUT2D eigenvalue weighted by atomic mass is 35.5. The molecular formula is C21H27Cl2NO4Si. The molecule has 0 aliphatic carbocycles. The van der Waals surface area contributed by atoms with E-state index in [1.54, 1.807) is 30.3 Å². The SMILES string of the molecule is C1CC[SiH2]OC1.CCOCOC(=O)c1ccccc1Nc1c(Cl)ccc(C)c1Cl. The van der Waals surface area contributed by atoms with Crippen molar-refractivity contribution in [1.82, 2.24) is 0 Å². The highest BCUT2D eigenvalue weighted by molar-refractivity contribution is 6.39. The van der Waals surface area contributed by atoms with E-state index < -0.39 is 5.97 Å². The first-order chi connectivity index (χ1) is 14.0. The molecule has 0 spiro atoms. The van der Waals surface area contributed by atoms with Crippen LogP contribution in [0.25, 0.3) is 0 Å². The maximum Gasteiger partial charge on any atom is 0.342 e. The van der Waals surface area contributed by atoms with Gasteiger partial charge in [0.15, 0.2) is 16.6 Å². The number of carbonyl (C=O) groups is 1. The number of para-hydroxylation sites is 1. The standard InChI is InChI=1S/C17H17Cl2NO3.C4H10OSi/c1-3-22-10-23-17(21)12-6-4-5-7-14(12)20-16-13(18)9-8-11(2)15(16)19;1-2-4-6-5-3-1/h4-9,20H,3,10H2,1-2H3;1-4,6H2. The zero-order valence-corrected chi connectivity index (χ0v) is 19.7. The molecule has 8 heteroatoms. The minimum atomic E-state index is -0.485. The first-order valence-electron chi connectivity index (χ1n) is 9.67. The van der Waals surface area contributed by atoms with Crippen molar-refractivity contribution in [1.29, 1.82) is 0 Å². The molecule has 1 fully saturated rings. The number of halogens is 2. The van der Waals surface area contributed by atoms with Crippen LogP contribution in [0.4, 0.5) is 11.4 Å². The summed E-state index contributed by atoms with van der Waals surface area (Å²) in [6.45, 7) is 5.15. The molecule has 0 unspecified atom stereocenters. The van der Waals surface area contributed by atoms with Crippen molar-refractivity contribution in [3.05, 3.63) is 57.6 Å². The monoisotopic (exact) mass is 455 g/mol. The predicted octanol–water partition coefficient (Wildman–Crippen LogP) is 5.50. The molecule has 29 heavy (non-hydrogen) atoms. The van der Waals surface area contributed by atoms with Gasteiger partial charge in [0, 0.05) is 13.2 Å². The minimum Gasteiger partial charge on any atom is -0.435 e. The van der Waals surface area contributed by atoms with Gasteiger partial charge in [0.1, 0.15) is 0 Å². The van der Waals surface area contributed by atoms with Crippen molar-refractivity contribution in [3.63, 3.8) is 0 Å². The van der Waals surface area contributed by atoms with E-state index in [1.807, 2.05) is 19.9 Å². The summed E-state index contributed by atoms with van der Waals surface area (Å²) >= 11 is 12.5. The largest absolute Gasteiger partial charge is 0.435 e. The number of aryl methyl sites for hydroxylation is 1. The van der Waals surface area contributed by atoms with Gasteiger partial charge in [0.2, 0.25) is 0 Å². The number of rotatable bonds is 6. The van der Waals surface area contributed by atoms with E-state index in [1.165, 1.54) is 18.9 Å². The number of ether oxygens (including phenoxy) is 2. The maximum atomic E-state index is 12.2. The number of hydrogen-bond donors (Lipinski definition) is 1. The van der Waals surface area contributed by atoms with Gasteiger partial charge in [-0.2, -0.15) is 0 Å². The second-order valence-corrected chi connectivity index (χ2v) is 8.75. The molecule has 5 nitrogen and oxygen atoms in total. The molecule has 0 atom stereocenters. The quantitative estimate of drug-likeness (QED) is 0.269. The van der Waals surface area contributed by atoms with Gasteiger partial charge in [-0.1, -0.05) is 47.8 Å². The lowest BCUT2D eigenvalue weighted by atomic mass is 10.1. The van der Waals surface area contributed by atoms with E-state index in [2.05, 4.69) is 5.32 Å². The summed E-state index contributed by atoms with van der Waals surface area (Å²) in [5, 5.41) is 4.10. The summed E-state index contributed by atoms with van der Waals surface area (Å²) in [7, 11) is 0.00849. The highest BCUT2D eigenvalue weighted by Gasteiger charge is 2.15. The van der Waals surface area contributed by atoms with Gasteiger partial charge in [-0.25, -0.2) is 4.79 Å². The molecule has 1 saturated heterocycles. The summed E-state index contributed by atoms with van der Waals surface area (Å²) in [6.07, 6.45) is 2.75.